The number of carbonyl (C=O) groups excluding carboxylic acids is 1. The molecule has 0 aromatic heterocycles. The standard InChI is InChI=1S/C56H104O14/c1-3-5-7-9-11-13-15-17-19-20-21-22-23-24-25-27-29-31-33-35-37-39-48(58)68-45(42-65-40-38-36-34-32-30-28-26-18-16-14-12-10-8-6-4-2)43-66-55-54(64)52(62)50(60)47(70-55)44-67-56-53(63)51(61)49(59)46(41-57)69-56/h16,18,20-21,45-47,49-57,59-64H,3-15,17,19,22-44H2,1-2H3/b18-16-,21-20-. The Hall–Kier alpha value is -1.53. The number of rotatable bonds is 46. The van der Waals surface area contributed by atoms with Crippen molar-refractivity contribution in [3.63, 3.8) is 0 Å². The molecule has 0 spiro atoms. The van der Waals surface area contributed by atoms with E-state index in [2.05, 4.69) is 38.2 Å². The van der Waals surface area contributed by atoms with Gasteiger partial charge in [-0.1, -0.05) is 179 Å². The summed E-state index contributed by atoms with van der Waals surface area (Å²) in [6.45, 7) is 3.69. The van der Waals surface area contributed by atoms with Crippen molar-refractivity contribution in [2.45, 2.75) is 293 Å². The smallest absolute Gasteiger partial charge is 0.306 e. The molecule has 412 valence electrons. The molecule has 0 radical (unpaired) electrons. The van der Waals surface area contributed by atoms with E-state index in [1.54, 1.807) is 0 Å². The normalized spacial score (nSPS) is 25.6. The monoisotopic (exact) mass is 1000 g/mol. The molecule has 2 heterocycles. The van der Waals surface area contributed by atoms with Crippen LogP contribution in [0.4, 0.5) is 0 Å². The van der Waals surface area contributed by atoms with Crippen LogP contribution in [0.2, 0.25) is 0 Å². The Morgan fingerprint density at radius 1 is 0.457 bits per heavy atom. The fraction of sp³-hybridized carbons (Fsp3) is 0.911. The van der Waals surface area contributed by atoms with E-state index < -0.39 is 80.7 Å². The number of esters is 1. The van der Waals surface area contributed by atoms with Gasteiger partial charge < -0.3 is 64.2 Å². The molecule has 2 saturated heterocycles. The van der Waals surface area contributed by atoms with Crippen molar-refractivity contribution in [1.82, 2.24) is 0 Å². The zero-order chi connectivity index (χ0) is 50.9. The van der Waals surface area contributed by atoms with Crippen LogP contribution >= 0.6 is 0 Å². The Kier molecular flexibility index (Phi) is 40.4. The van der Waals surface area contributed by atoms with Crippen molar-refractivity contribution in [2.75, 3.05) is 33.0 Å². The van der Waals surface area contributed by atoms with Gasteiger partial charge in [0.15, 0.2) is 12.6 Å². The van der Waals surface area contributed by atoms with E-state index in [0.29, 0.717) is 13.0 Å². The number of carbonyl (C=O) groups is 1. The summed E-state index contributed by atoms with van der Waals surface area (Å²) in [5.74, 6) is -0.378. The van der Waals surface area contributed by atoms with E-state index in [1.165, 1.54) is 154 Å². The van der Waals surface area contributed by atoms with Gasteiger partial charge in [-0.05, 0) is 64.2 Å². The zero-order valence-corrected chi connectivity index (χ0v) is 44.0. The van der Waals surface area contributed by atoms with E-state index in [-0.39, 0.29) is 25.6 Å². The summed E-state index contributed by atoms with van der Waals surface area (Å²) < 4.78 is 34.4. The maximum absolute atomic E-state index is 13.1. The molecule has 2 fully saturated rings. The number of hydrogen-bond acceptors (Lipinski definition) is 14. The molecule has 2 aliphatic rings. The van der Waals surface area contributed by atoms with Gasteiger partial charge in [0, 0.05) is 13.0 Å². The van der Waals surface area contributed by atoms with E-state index >= 15 is 0 Å². The van der Waals surface area contributed by atoms with Crippen molar-refractivity contribution < 1.29 is 69.0 Å². The van der Waals surface area contributed by atoms with Crippen LogP contribution in [0.5, 0.6) is 0 Å². The van der Waals surface area contributed by atoms with Gasteiger partial charge in [0.05, 0.1) is 26.4 Å². The third-order valence-corrected chi connectivity index (χ3v) is 13.7. The summed E-state index contributed by atoms with van der Waals surface area (Å²) in [5.41, 5.74) is 0. The highest BCUT2D eigenvalue weighted by Gasteiger charge is 2.47. The summed E-state index contributed by atoms with van der Waals surface area (Å²) in [6, 6.07) is 0. The Balaban J connectivity index is 1.72. The highest BCUT2D eigenvalue weighted by Crippen LogP contribution is 2.27. The molecule has 7 N–H and O–H groups in total. The van der Waals surface area contributed by atoms with Crippen LogP contribution in [0.15, 0.2) is 24.3 Å². The number of unbranched alkanes of at least 4 members (excludes halogenated alkanes) is 28. The second-order valence-electron chi connectivity index (χ2n) is 20.1. The van der Waals surface area contributed by atoms with Gasteiger partial charge in [-0.2, -0.15) is 0 Å². The van der Waals surface area contributed by atoms with Crippen LogP contribution < -0.4 is 0 Å². The van der Waals surface area contributed by atoms with Crippen LogP contribution in [0.25, 0.3) is 0 Å². The summed E-state index contributed by atoms with van der Waals surface area (Å²) in [6.07, 6.45) is 32.4. The number of aliphatic hydroxyl groups excluding tert-OH is 7. The first-order chi connectivity index (χ1) is 34.1. The molecule has 70 heavy (non-hydrogen) atoms. The van der Waals surface area contributed by atoms with Crippen molar-refractivity contribution in [2.24, 2.45) is 0 Å². The molecule has 14 heteroatoms. The second kappa shape index (κ2) is 43.8. The predicted molar refractivity (Wildman–Crippen MR) is 275 cm³/mol. The minimum absolute atomic E-state index is 0.0594. The van der Waals surface area contributed by atoms with Crippen LogP contribution in [0.1, 0.15) is 226 Å². The molecule has 0 aliphatic carbocycles. The highest BCUT2D eigenvalue weighted by molar-refractivity contribution is 5.69. The minimum Gasteiger partial charge on any atom is -0.457 e. The Labute approximate surface area is 424 Å². The lowest BCUT2D eigenvalue weighted by molar-refractivity contribution is -0.332. The molecule has 0 bridgehead atoms. The molecule has 14 nitrogen and oxygen atoms in total. The maximum atomic E-state index is 13.1. The zero-order valence-electron chi connectivity index (χ0n) is 44.0. The first-order valence-corrected chi connectivity index (χ1v) is 28.4. The minimum atomic E-state index is -1.71. The van der Waals surface area contributed by atoms with Crippen LogP contribution in [-0.2, 0) is 33.2 Å². The molecule has 11 unspecified atom stereocenters. The molecule has 2 rings (SSSR count). The Morgan fingerprint density at radius 3 is 1.30 bits per heavy atom. The summed E-state index contributed by atoms with van der Waals surface area (Å²) in [5, 5.41) is 72.3. The number of aliphatic hydroxyl groups is 7. The quantitative estimate of drug-likeness (QED) is 0.0172. The molecule has 0 aromatic rings. The lowest BCUT2D eigenvalue weighted by Gasteiger charge is -2.42. The summed E-state index contributed by atoms with van der Waals surface area (Å²) in [4.78, 5) is 13.1. The average molecular weight is 1000 g/mol. The van der Waals surface area contributed by atoms with E-state index in [9.17, 15) is 40.5 Å². The van der Waals surface area contributed by atoms with Crippen molar-refractivity contribution >= 4 is 5.97 Å². The fourth-order valence-electron chi connectivity index (χ4n) is 9.04. The van der Waals surface area contributed by atoms with Crippen molar-refractivity contribution in [1.29, 1.82) is 0 Å². The van der Waals surface area contributed by atoms with Gasteiger partial charge in [0.2, 0.25) is 0 Å². The number of hydrogen-bond donors (Lipinski definition) is 7. The number of allylic oxidation sites excluding steroid dienone is 4. The lowest BCUT2D eigenvalue weighted by Crippen LogP contribution is -2.61. The predicted octanol–water partition coefficient (Wildman–Crippen LogP) is 9.58. The molecule has 11 atom stereocenters. The van der Waals surface area contributed by atoms with Crippen molar-refractivity contribution in [3.8, 4) is 0 Å². The van der Waals surface area contributed by atoms with Gasteiger partial charge in [0.1, 0.15) is 54.9 Å². The first kappa shape index (κ1) is 64.6. The van der Waals surface area contributed by atoms with Crippen LogP contribution in [0.3, 0.4) is 0 Å². The average Bonchev–Trinajstić information content (AvgIpc) is 3.36. The van der Waals surface area contributed by atoms with Gasteiger partial charge in [-0.15, -0.1) is 0 Å². The Morgan fingerprint density at radius 2 is 0.843 bits per heavy atom. The number of ether oxygens (including phenoxy) is 6. The molecular formula is C56H104O14. The van der Waals surface area contributed by atoms with E-state index in [1.807, 2.05) is 0 Å². The molecular weight excluding hydrogens is 897 g/mol. The van der Waals surface area contributed by atoms with E-state index in [4.69, 9.17) is 28.4 Å². The molecule has 0 aromatic carbocycles. The van der Waals surface area contributed by atoms with Gasteiger partial charge in [0.25, 0.3) is 0 Å². The largest absolute Gasteiger partial charge is 0.457 e. The summed E-state index contributed by atoms with van der Waals surface area (Å²) >= 11 is 0. The third kappa shape index (κ3) is 30.6. The topological polar surface area (TPSA) is 214 Å². The van der Waals surface area contributed by atoms with Gasteiger partial charge in [-0.3, -0.25) is 4.79 Å². The maximum Gasteiger partial charge on any atom is 0.306 e. The molecule has 0 saturated carbocycles. The van der Waals surface area contributed by atoms with Gasteiger partial charge in [-0.25, -0.2) is 0 Å². The Bertz CT molecular complexity index is 1250. The fourth-order valence-corrected chi connectivity index (χ4v) is 9.04. The molecule has 2 aliphatic heterocycles. The highest BCUT2D eigenvalue weighted by atomic mass is 16.7. The van der Waals surface area contributed by atoms with Crippen molar-refractivity contribution in [3.05, 3.63) is 24.3 Å². The van der Waals surface area contributed by atoms with Crippen LogP contribution in [0, 0.1) is 0 Å². The van der Waals surface area contributed by atoms with E-state index in [0.717, 1.165) is 44.9 Å². The third-order valence-electron chi connectivity index (χ3n) is 13.7. The van der Waals surface area contributed by atoms with Gasteiger partial charge >= 0.3 is 5.97 Å². The lowest BCUT2D eigenvalue weighted by atomic mass is 9.98. The summed E-state index contributed by atoms with van der Waals surface area (Å²) in [7, 11) is 0. The molecule has 0 amide bonds. The SMILES string of the molecule is CCCCCCC/C=C\CCCCCCCCOCC(COC1OC(COC2OC(CO)C(O)C(O)C2O)C(O)C(O)C1O)OC(=O)CCCCCCCCCCC/C=C\CCCCCCCCCC. The second-order valence-corrected chi connectivity index (χ2v) is 20.1. The first-order valence-electron chi connectivity index (χ1n) is 28.4. The van der Waals surface area contributed by atoms with Crippen LogP contribution in [-0.4, -0.2) is 142 Å².